The van der Waals surface area contributed by atoms with Gasteiger partial charge in [0.25, 0.3) is 0 Å². The van der Waals surface area contributed by atoms with Crippen molar-refractivity contribution in [2.24, 2.45) is 0 Å². The molecule has 3 atom stereocenters. The van der Waals surface area contributed by atoms with Crippen LogP contribution < -0.4 is 0 Å². The van der Waals surface area contributed by atoms with E-state index in [1.54, 1.807) is 0 Å². The van der Waals surface area contributed by atoms with Crippen LogP contribution in [-0.2, 0) is 22.7 Å². The second-order valence-corrected chi connectivity index (χ2v) is 7.15. The number of ether oxygens (including phenoxy) is 2. The third-order valence-corrected chi connectivity index (χ3v) is 5.42. The molecule has 0 bridgehead atoms. The molecule has 0 radical (unpaired) electrons. The monoisotopic (exact) mass is 337 g/mol. The topological polar surface area (TPSA) is 21.7 Å². The summed E-state index contributed by atoms with van der Waals surface area (Å²) in [5.41, 5.74) is 2.47. The van der Waals surface area contributed by atoms with E-state index in [9.17, 15) is 0 Å². The van der Waals surface area contributed by atoms with Gasteiger partial charge in [0.05, 0.1) is 19.3 Å². The van der Waals surface area contributed by atoms with Crippen LogP contribution in [-0.4, -0.2) is 36.2 Å². The molecule has 0 aromatic heterocycles. The molecule has 2 aromatic rings. The van der Waals surface area contributed by atoms with Gasteiger partial charge in [-0.05, 0) is 30.5 Å². The highest BCUT2D eigenvalue weighted by molar-refractivity contribution is 5.14. The Morgan fingerprint density at radius 1 is 0.800 bits per heavy atom. The maximum Gasteiger partial charge on any atom is 0.101 e. The Morgan fingerprint density at radius 3 is 2.12 bits per heavy atom. The average Bonchev–Trinajstić information content (AvgIpc) is 3.04. The van der Waals surface area contributed by atoms with E-state index in [-0.39, 0.29) is 12.2 Å². The van der Waals surface area contributed by atoms with Crippen molar-refractivity contribution in [3.05, 3.63) is 71.8 Å². The highest BCUT2D eigenvalue weighted by Gasteiger charge is 2.43. The fourth-order valence-corrected chi connectivity index (χ4v) is 4.11. The quantitative estimate of drug-likeness (QED) is 0.794. The first-order valence-electron chi connectivity index (χ1n) is 9.45. The van der Waals surface area contributed by atoms with E-state index in [1.165, 1.54) is 36.9 Å². The molecule has 3 heteroatoms. The minimum absolute atomic E-state index is 0.159. The summed E-state index contributed by atoms with van der Waals surface area (Å²) >= 11 is 0. The van der Waals surface area contributed by atoms with Crippen molar-refractivity contribution < 1.29 is 9.47 Å². The van der Waals surface area contributed by atoms with Crippen LogP contribution in [0.15, 0.2) is 60.7 Å². The Bertz CT molecular complexity index is 646. The molecule has 0 saturated carbocycles. The van der Waals surface area contributed by atoms with E-state index in [4.69, 9.17) is 9.47 Å². The van der Waals surface area contributed by atoms with Crippen LogP contribution in [0.1, 0.15) is 30.4 Å². The molecule has 2 saturated heterocycles. The standard InChI is InChI=1S/C22H27NO2/c1-3-9-18(10-4-1)16-24-21-15-23-14-8-7-13-20(23)22(21)25-17-19-11-5-2-6-12-19/h1-6,9-12,20-22H,7-8,13-17H2/t20-,21-,22-/m1/s1. The minimum atomic E-state index is 0.159. The van der Waals surface area contributed by atoms with Crippen LogP contribution in [0.3, 0.4) is 0 Å². The van der Waals surface area contributed by atoms with Gasteiger partial charge >= 0.3 is 0 Å². The lowest BCUT2D eigenvalue weighted by Crippen LogP contribution is -2.41. The van der Waals surface area contributed by atoms with Crippen LogP contribution >= 0.6 is 0 Å². The molecule has 0 amide bonds. The molecule has 2 aromatic carbocycles. The van der Waals surface area contributed by atoms with Crippen molar-refractivity contribution >= 4 is 0 Å². The zero-order valence-corrected chi connectivity index (χ0v) is 14.7. The van der Waals surface area contributed by atoms with Gasteiger partial charge in [-0.3, -0.25) is 4.90 Å². The molecule has 0 unspecified atom stereocenters. The lowest BCUT2D eigenvalue weighted by molar-refractivity contribution is -0.0728. The molecule has 2 aliphatic heterocycles. The Kier molecular flexibility index (Phi) is 5.46. The predicted molar refractivity (Wildman–Crippen MR) is 99.3 cm³/mol. The molecule has 3 nitrogen and oxygen atoms in total. The highest BCUT2D eigenvalue weighted by atomic mass is 16.5. The lowest BCUT2D eigenvalue weighted by atomic mass is 10.00. The smallest absolute Gasteiger partial charge is 0.101 e. The Morgan fingerprint density at radius 2 is 1.44 bits per heavy atom. The summed E-state index contributed by atoms with van der Waals surface area (Å²) in [5.74, 6) is 0. The maximum atomic E-state index is 6.39. The summed E-state index contributed by atoms with van der Waals surface area (Å²) in [6, 6.07) is 21.4. The number of piperidine rings is 1. The van der Waals surface area contributed by atoms with Gasteiger partial charge in [-0.1, -0.05) is 67.1 Å². The van der Waals surface area contributed by atoms with E-state index >= 15 is 0 Å². The van der Waals surface area contributed by atoms with E-state index in [1.807, 2.05) is 12.1 Å². The van der Waals surface area contributed by atoms with Gasteiger partial charge in [0.2, 0.25) is 0 Å². The highest BCUT2D eigenvalue weighted by Crippen LogP contribution is 2.32. The zero-order valence-electron chi connectivity index (χ0n) is 14.7. The predicted octanol–water partition coefficient (Wildman–Crippen LogP) is 4.03. The summed E-state index contributed by atoms with van der Waals surface area (Å²) in [6.07, 6.45) is 4.16. The van der Waals surface area contributed by atoms with Crippen molar-refractivity contribution in [1.29, 1.82) is 0 Å². The molecule has 25 heavy (non-hydrogen) atoms. The van der Waals surface area contributed by atoms with Gasteiger partial charge in [-0.15, -0.1) is 0 Å². The fraction of sp³-hybridized carbons (Fsp3) is 0.455. The molecule has 0 aliphatic carbocycles. The summed E-state index contributed by atoms with van der Waals surface area (Å²) in [5, 5.41) is 0. The number of fused-ring (bicyclic) bond motifs is 1. The van der Waals surface area contributed by atoms with Crippen LogP contribution in [0.25, 0.3) is 0 Å². The summed E-state index contributed by atoms with van der Waals surface area (Å²) < 4.78 is 12.7. The second-order valence-electron chi connectivity index (χ2n) is 7.15. The number of nitrogens with zero attached hydrogens (tertiary/aromatic N) is 1. The first-order chi connectivity index (χ1) is 12.4. The van der Waals surface area contributed by atoms with Crippen LogP contribution in [0.5, 0.6) is 0 Å². The van der Waals surface area contributed by atoms with Crippen LogP contribution in [0, 0.1) is 0 Å². The average molecular weight is 337 g/mol. The molecule has 0 N–H and O–H groups in total. The normalized spacial score (nSPS) is 26.5. The van der Waals surface area contributed by atoms with E-state index in [0.717, 1.165) is 6.54 Å². The first-order valence-corrected chi connectivity index (χ1v) is 9.45. The Hall–Kier alpha value is -1.68. The van der Waals surface area contributed by atoms with Crippen LogP contribution in [0.2, 0.25) is 0 Å². The van der Waals surface area contributed by atoms with Gasteiger partial charge in [0.15, 0.2) is 0 Å². The Labute approximate surface area is 150 Å². The molecule has 2 heterocycles. The zero-order chi connectivity index (χ0) is 16.9. The van der Waals surface area contributed by atoms with Crippen molar-refractivity contribution in [2.75, 3.05) is 13.1 Å². The van der Waals surface area contributed by atoms with Gasteiger partial charge in [-0.25, -0.2) is 0 Å². The largest absolute Gasteiger partial charge is 0.369 e. The molecular formula is C22H27NO2. The van der Waals surface area contributed by atoms with Gasteiger partial charge < -0.3 is 9.47 Å². The minimum Gasteiger partial charge on any atom is -0.369 e. The van der Waals surface area contributed by atoms with Crippen LogP contribution in [0.4, 0.5) is 0 Å². The van der Waals surface area contributed by atoms with Crippen molar-refractivity contribution in [3.8, 4) is 0 Å². The second kappa shape index (κ2) is 8.13. The number of hydrogen-bond donors (Lipinski definition) is 0. The molecule has 2 fully saturated rings. The number of hydrogen-bond acceptors (Lipinski definition) is 3. The maximum absolute atomic E-state index is 6.39. The molecule has 4 rings (SSSR count). The van der Waals surface area contributed by atoms with Crippen molar-refractivity contribution in [1.82, 2.24) is 4.90 Å². The summed E-state index contributed by atoms with van der Waals surface area (Å²) in [7, 11) is 0. The van der Waals surface area contributed by atoms with E-state index in [0.29, 0.717) is 19.3 Å². The van der Waals surface area contributed by atoms with E-state index < -0.39 is 0 Å². The molecule has 0 spiro atoms. The SMILES string of the molecule is c1ccc(CO[C@@H]2[C@H]3CCCCN3C[C@H]2OCc2ccccc2)cc1. The van der Waals surface area contributed by atoms with Crippen molar-refractivity contribution in [3.63, 3.8) is 0 Å². The van der Waals surface area contributed by atoms with E-state index in [2.05, 4.69) is 53.4 Å². The van der Waals surface area contributed by atoms with Gasteiger partial charge in [0.1, 0.15) is 6.10 Å². The first kappa shape index (κ1) is 16.8. The van der Waals surface area contributed by atoms with Gasteiger partial charge in [0, 0.05) is 12.6 Å². The molecule has 132 valence electrons. The molecule has 2 aliphatic rings. The number of benzene rings is 2. The fourth-order valence-electron chi connectivity index (χ4n) is 4.11. The third-order valence-electron chi connectivity index (χ3n) is 5.42. The third kappa shape index (κ3) is 4.12. The summed E-state index contributed by atoms with van der Waals surface area (Å²) in [6.45, 7) is 3.51. The lowest BCUT2D eigenvalue weighted by Gasteiger charge is -2.32. The number of rotatable bonds is 6. The summed E-state index contributed by atoms with van der Waals surface area (Å²) in [4.78, 5) is 2.58. The van der Waals surface area contributed by atoms with Crippen molar-refractivity contribution in [2.45, 2.75) is 50.7 Å². The Balaban J connectivity index is 1.41. The molecular weight excluding hydrogens is 310 g/mol. The van der Waals surface area contributed by atoms with Gasteiger partial charge in [-0.2, -0.15) is 0 Å².